The highest BCUT2D eigenvalue weighted by atomic mass is 28.2. The maximum absolute atomic E-state index is 5.34. The maximum atomic E-state index is 5.34. The molecule has 0 amide bonds. The molecule has 1 fully saturated rings. The SMILES string of the molecule is COC(OC)(OC)[SiH2]CCC1CCCCC1. The summed E-state index contributed by atoms with van der Waals surface area (Å²) in [5.74, 6) is 0.949. The van der Waals surface area contributed by atoms with Crippen molar-refractivity contribution in [1.29, 1.82) is 0 Å². The molecule has 0 unspecified atom stereocenters. The molecule has 96 valence electrons. The number of rotatable bonds is 7. The Morgan fingerprint density at radius 3 is 2.06 bits per heavy atom. The van der Waals surface area contributed by atoms with Gasteiger partial charge in [-0.1, -0.05) is 44.6 Å². The average molecular weight is 246 g/mol. The third-order valence-electron chi connectivity index (χ3n) is 3.75. The van der Waals surface area contributed by atoms with Crippen molar-refractivity contribution in [3.8, 4) is 0 Å². The predicted octanol–water partition coefficient (Wildman–Crippen LogP) is 2.09. The lowest BCUT2D eigenvalue weighted by atomic mass is 9.88. The molecule has 0 heterocycles. The van der Waals surface area contributed by atoms with Crippen molar-refractivity contribution in [1.82, 2.24) is 0 Å². The molecule has 0 bridgehead atoms. The van der Waals surface area contributed by atoms with E-state index >= 15 is 0 Å². The lowest BCUT2D eigenvalue weighted by Gasteiger charge is -2.29. The molecule has 0 spiro atoms. The number of ether oxygens (including phenoxy) is 3. The highest BCUT2D eigenvalue weighted by Gasteiger charge is 2.29. The van der Waals surface area contributed by atoms with E-state index in [0.29, 0.717) is 0 Å². The molecule has 1 aliphatic rings. The summed E-state index contributed by atoms with van der Waals surface area (Å²) in [5, 5.41) is 0. The third kappa shape index (κ3) is 4.16. The summed E-state index contributed by atoms with van der Waals surface area (Å²) in [6.45, 7) is 0. The lowest BCUT2D eigenvalue weighted by Crippen LogP contribution is -2.42. The van der Waals surface area contributed by atoms with Crippen molar-refractivity contribution >= 4 is 9.52 Å². The zero-order valence-corrected chi connectivity index (χ0v) is 12.4. The van der Waals surface area contributed by atoms with E-state index < -0.39 is 15.1 Å². The van der Waals surface area contributed by atoms with E-state index in [-0.39, 0.29) is 0 Å². The molecule has 3 nitrogen and oxygen atoms in total. The van der Waals surface area contributed by atoms with Gasteiger partial charge in [-0.05, 0) is 5.92 Å². The van der Waals surface area contributed by atoms with Gasteiger partial charge in [-0.2, -0.15) is 0 Å². The van der Waals surface area contributed by atoms with Crippen molar-refractivity contribution in [2.45, 2.75) is 50.2 Å². The Morgan fingerprint density at radius 1 is 1.00 bits per heavy atom. The van der Waals surface area contributed by atoms with Gasteiger partial charge in [0.25, 0.3) is 0 Å². The van der Waals surface area contributed by atoms with E-state index in [2.05, 4.69) is 0 Å². The lowest BCUT2D eigenvalue weighted by molar-refractivity contribution is -0.294. The number of methoxy groups -OCH3 is 3. The van der Waals surface area contributed by atoms with Gasteiger partial charge in [0.15, 0.2) is 0 Å². The summed E-state index contributed by atoms with van der Waals surface area (Å²) >= 11 is 0. The molecule has 1 saturated carbocycles. The zero-order chi connectivity index (χ0) is 11.9. The molecule has 1 aliphatic carbocycles. The second-order valence-corrected chi connectivity index (χ2v) is 6.76. The van der Waals surface area contributed by atoms with E-state index in [9.17, 15) is 0 Å². The fraction of sp³-hybridized carbons (Fsp3) is 1.00. The molecule has 16 heavy (non-hydrogen) atoms. The minimum atomic E-state index is -0.686. The number of hydrogen-bond acceptors (Lipinski definition) is 3. The van der Waals surface area contributed by atoms with Crippen LogP contribution < -0.4 is 0 Å². The first-order chi connectivity index (χ1) is 7.76. The van der Waals surface area contributed by atoms with Crippen LogP contribution in [-0.2, 0) is 14.2 Å². The highest BCUT2D eigenvalue weighted by molar-refractivity contribution is 6.38. The third-order valence-corrected chi connectivity index (χ3v) is 5.99. The summed E-state index contributed by atoms with van der Waals surface area (Å²) < 4.78 is 16.0. The summed E-state index contributed by atoms with van der Waals surface area (Å²) in [7, 11) is 4.51. The van der Waals surface area contributed by atoms with Crippen LogP contribution in [0.1, 0.15) is 38.5 Å². The van der Waals surface area contributed by atoms with Gasteiger partial charge in [0.05, 0.1) is 0 Å². The van der Waals surface area contributed by atoms with Gasteiger partial charge in [-0.25, -0.2) is 0 Å². The van der Waals surface area contributed by atoms with Crippen LogP contribution in [-0.4, -0.2) is 36.4 Å². The molecule has 0 atom stereocenters. The second kappa shape index (κ2) is 7.43. The Labute approximate surface area is 102 Å². The molecular weight excluding hydrogens is 220 g/mol. The van der Waals surface area contributed by atoms with Crippen LogP contribution >= 0.6 is 0 Å². The fourth-order valence-electron chi connectivity index (χ4n) is 2.64. The smallest absolute Gasteiger partial charge is 0.248 e. The van der Waals surface area contributed by atoms with Gasteiger partial charge < -0.3 is 14.2 Å². The Balaban J connectivity index is 2.21. The number of hydrogen-bond donors (Lipinski definition) is 0. The van der Waals surface area contributed by atoms with Crippen LogP contribution in [0.3, 0.4) is 0 Å². The Kier molecular flexibility index (Phi) is 6.57. The molecule has 1 rings (SSSR count). The summed E-state index contributed by atoms with van der Waals surface area (Å²) in [4.78, 5) is 0. The molecule has 0 saturated heterocycles. The molecule has 0 aliphatic heterocycles. The topological polar surface area (TPSA) is 27.7 Å². The van der Waals surface area contributed by atoms with Crippen LogP contribution in [0.15, 0.2) is 0 Å². The van der Waals surface area contributed by atoms with Gasteiger partial charge in [-0.15, -0.1) is 0 Å². The van der Waals surface area contributed by atoms with Crippen molar-refractivity contribution in [2.24, 2.45) is 5.92 Å². The summed E-state index contributed by atoms with van der Waals surface area (Å²) in [5.41, 5.74) is -0.686. The van der Waals surface area contributed by atoms with E-state index in [1.54, 1.807) is 21.3 Å². The fourth-order valence-corrected chi connectivity index (χ4v) is 4.47. The minimum absolute atomic E-state index is 0.493. The van der Waals surface area contributed by atoms with Crippen LogP contribution in [0.2, 0.25) is 6.04 Å². The van der Waals surface area contributed by atoms with Crippen LogP contribution in [0.4, 0.5) is 0 Å². The molecular formula is C12H26O3Si. The Bertz CT molecular complexity index is 169. The molecule has 0 radical (unpaired) electrons. The molecule has 0 aromatic carbocycles. The average Bonchev–Trinajstić information content (AvgIpc) is 2.37. The maximum Gasteiger partial charge on any atom is 0.248 e. The quantitative estimate of drug-likeness (QED) is 0.508. The predicted molar refractivity (Wildman–Crippen MR) is 68.3 cm³/mol. The highest BCUT2D eigenvalue weighted by Crippen LogP contribution is 2.28. The van der Waals surface area contributed by atoms with Gasteiger partial charge >= 0.3 is 0 Å². The van der Waals surface area contributed by atoms with Crippen LogP contribution in [0.25, 0.3) is 0 Å². The van der Waals surface area contributed by atoms with Gasteiger partial charge in [0.2, 0.25) is 5.60 Å². The van der Waals surface area contributed by atoms with Gasteiger partial charge in [0, 0.05) is 21.3 Å². The van der Waals surface area contributed by atoms with Crippen molar-refractivity contribution in [2.75, 3.05) is 21.3 Å². The standard InChI is InChI=1S/C12H26O3Si/c1-13-12(14-2,15-3)16-10-9-11-7-5-4-6-8-11/h11H,4-10,16H2,1-3H3. The molecule has 0 N–H and O–H groups in total. The normalized spacial score (nSPS) is 19.7. The van der Waals surface area contributed by atoms with Gasteiger partial charge in [0.1, 0.15) is 9.52 Å². The van der Waals surface area contributed by atoms with Crippen molar-refractivity contribution in [3.05, 3.63) is 0 Å². The van der Waals surface area contributed by atoms with E-state index in [4.69, 9.17) is 14.2 Å². The first-order valence-electron chi connectivity index (χ1n) is 6.42. The Morgan fingerprint density at radius 2 is 1.56 bits per heavy atom. The van der Waals surface area contributed by atoms with E-state index in [0.717, 1.165) is 5.92 Å². The first-order valence-corrected chi connectivity index (χ1v) is 8.12. The molecule has 4 heteroatoms. The molecule has 0 aromatic rings. The first kappa shape index (κ1) is 14.2. The van der Waals surface area contributed by atoms with Crippen LogP contribution in [0, 0.1) is 5.92 Å². The van der Waals surface area contributed by atoms with E-state index in [1.165, 1.54) is 44.6 Å². The van der Waals surface area contributed by atoms with Gasteiger partial charge in [-0.3, -0.25) is 0 Å². The van der Waals surface area contributed by atoms with E-state index in [1.807, 2.05) is 0 Å². The van der Waals surface area contributed by atoms with Crippen molar-refractivity contribution in [3.63, 3.8) is 0 Å². The second-order valence-electron chi connectivity index (χ2n) is 4.69. The monoisotopic (exact) mass is 246 g/mol. The van der Waals surface area contributed by atoms with Crippen molar-refractivity contribution < 1.29 is 14.2 Å². The molecule has 0 aromatic heterocycles. The largest absolute Gasteiger partial charge is 0.335 e. The Hall–Kier alpha value is 0.0969. The summed E-state index contributed by atoms with van der Waals surface area (Å²) in [6.07, 6.45) is 8.48. The van der Waals surface area contributed by atoms with Crippen LogP contribution in [0.5, 0.6) is 0 Å². The minimum Gasteiger partial charge on any atom is -0.335 e. The summed E-state index contributed by atoms with van der Waals surface area (Å²) in [6, 6.07) is 1.25. The zero-order valence-electron chi connectivity index (χ0n) is 11.0.